The first-order chi connectivity index (χ1) is 16.0. The predicted molar refractivity (Wildman–Crippen MR) is 137 cm³/mol. The average Bonchev–Trinajstić information content (AvgIpc) is 2.98. The standard InChI is InChI=1S/C28H33N3O2/c1-4-5-16-33-27-18-22(10-12-23(27)21-11-13-24(29)19(2)17-21)28(32)31-15-14-20(3)30-25-8-6-7-9-26(25)31/h6-13,17-18,20,30H,4-5,14-16,29H2,1-3H3. The molecule has 5 heteroatoms. The van der Waals surface area contributed by atoms with Gasteiger partial charge in [-0.2, -0.15) is 0 Å². The minimum atomic E-state index is -0.0151. The molecule has 172 valence electrons. The van der Waals surface area contributed by atoms with Crippen LogP contribution in [-0.4, -0.2) is 25.1 Å². The number of nitrogens with zero attached hydrogens (tertiary/aromatic N) is 1. The number of fused-ring (bicyclic) bond motifs is 1. The number of rotatable bonds is 6. The number of nitrogens with two attached hydrogens (primary N) is 1. The van der Waals surface area contributed by atoms with Crippen LogP contribution in [0.4, 0.5) is 17.1 Å². The molecule has 1 atom stereocenters. The zero-order chi connectivity index (χ0) is 23.4. The number of ether oxygens (including phenoxy) is 1. The average molecular weight is 444 g/mol. The van der Waals surface area contributed by atoms with Gasteiger partial charge in [-0.05, 0) is 80.3 Å². The largest absolute Gasteiger partial charge is 0.493 e. The summed E-state index contributed by atoms with van der Waals surface area (Å²) in [6.07, 6.45) is 2.88. The summed E-state index contributed by atoms with van der Waals surface area (Å²) in [5.41, 5.74) is 12.3. The quantitative estimate of drug-likeness (QED) is 0.348. The van der Waals surface area contributed by atoms with E-state index in [2.05, 4.69) is 25.2 Å². The smallest absolute Gasteiger partial charge is 0.258 e. The summed E-state index contributed by atoms with van der Waals surface area (Å²) in [7, 11) is 0. The molecule has 0 radical (unpaired) electrons. The van der Waals surface area contributed by atoms with Crippen LogP contribution in [0.25, 0.3) is 11.1 Å². The zero-order valence-electron chi connectivity index (χ0n) is 19.7. The van der Waals surface area contributed by atoms with Crippen LogP contribution in [0.5, 0.6) is 5.75 Å². The topological polar surface area (TPSA) is 67.6 Å². The highest BCUT2D eigenvalue weighted by Crippen LogP contribution is 2.35. The number of amides is 1. The number of carbonyl (C=O) groups excluding carboxylic acids is 1. The summed E-state index contributed by atoms with van der Waals surface area (Å²) in [5, 5.41) is 3.52. The van der Waals surface area contributed by atoms with E-state index in [1.807, 2.05) is 66.4 Å². The van der Waals surface area contributed by atoms with Gasteiger partial charge in [0.2, 0.25) is 0 Å². The van der Waals surface area contributed by atoms with Crippen LogP contribution in [-0.2, 0) is 0 Å². The summed E-state index contributed by atoms with van der Waals surface area (Å²) in [6.45, 7) is 7.56. The molecule has 0 aromatic heterocycles. The van der Waals surface area contributed by atoms with Crippen LogP contribution in [0.1, 0.15) is 49.0 Å². The minimum absolute atomic E-state index is 0.0151. The Morgan fingerprint density at radius 1 is 1.15 bits per heavy atom. The van der Waals surface area contributed by atoms with E-state index < -0.39 is 0 Å². The summed E-state index contributed by atoms with van der Waals surface area (Å²) in [6, 6.07) is 20.1. The molecule has 0 fully saturated rings. The van der Waals surface area contributed by atoms with Crippen LogP contribution >= 0.6 is 0 Å². The second-order valence-corrected chi connectivity index (χ2v) is 8.79. The molecule has 3 aromatic rings. The Hall–Kier alpha value is -3.47. The molecule has 3 N–H and O–H groups in total. The van der Waals surface area contributed by atoms with Crippen molar-refractivity contribution in [2.45, 2.75) is 46.1 Å². The number of anilines is 3. The number of nitrogens with one attached hydrogen (secondary N) is 1. The fraction of sp³-hybridized carbons (Fsp3) is 0.321. The maximum absolute atomic E-state index is 13.7. The molecule has 1 unspecified atom stereocenters. The molecule has 3 aromatic carbocycles. The van der Waals surface area contributed by atoms with E-state index in [-0.39, 0.29) is 5.91 Å². The molecular formula is C28H33N3O2. The number of unbranched alkanes of at least 4 members (excludes halogenated alkanes) is 1. The van der Waals surface area contributed by atoms with Crippen LogP contribution in [0.3, 0.4) is 0 Å². The van der Waals surface area contributed by atoms with Crippen molar-refractivity contribution >= 4 is 23.0 Å². The number of para-hydroxylation sites is 2. The third-order valence-corrected chi connectivity index (χ3v) is 6.19. The monoisotopic (exact) mass is 443 g/mol. The third-order valence-electron chi connectivity index (χ3n) is 6.19. The molecule has 0 saturated heterocycles. The first-order valence-electron chi connectivity index (χ1n) is 11.8. The molecule has 0 bridgehead atoms. The fourth-order valence-electron chi connectivity index (χ4n) is 4.16. The molecule has 33 heavy (non-hydrogen) atoms. The highest BCUT2D eigenvalue weighted by atomic mass is 16.5. The Kier molecular flexibility index (Phi) is 6.87. The lowest BCUT2D eigenvalue weighted by Crippen LogP contribution is -2.32. The number of hydrogen-bond donors (Lipinski definition) is 2. The van der Waals surface area contributed by atoms with Gasteiger partial charge in [-0.1, -0.05) is 31.5 Å². The van der Waals surface area contributed by atoms with E-state index in [1.165, 1.54) is 0 Å². The van der Waals surface area contributed by atoms with Gasteiger partial charge in [0, 0.05) is 29.4 Å². The second-order valence-electron chi connectivity index (χ2n) is 8.79. The lowest BCUT2D eigenvalue weighted by Gasteiger charge is -2.23. The highest BCUT2D eigenvalue weighted by Gasteiger charge is 2.25. The van der Waals surface area contributed by atoms with Crippen LogP contribution in [0.15, 0.2) is 60.7 Å². The minimum Gasteiger partial charge on any atom is -0.493 e. The lowest BCUT2D eigenvalue weighted by atomic mass is 9.99. The summed E-state index contributed by atoms with van der Waals surface area (Å²) >= 11 is 0. The van der Waals surface area contributed by atoms with Crippen molar-refractivity contribution in [3.8, 4) is 16.9 Å². The van der Waals surface area contributed by atoms with Gasteiger partial charge in [0.1, 0.15) is 5.75 Å². The third kappa shape index (κ3) is 4.98. The van der Waals surface area contributed by atoms with Gasteiger partial charge in [-0.15, -0.1) is 0 Å². The van der Waals surface area contributed by atoms with Crippen LogP contribution in [0.2, 0.25) is 0 Å². The van der Waals surface area contributed by atoms with Gasteiger partial charge in [0.15, 0.2) is 0 Å². The summed E-state index contributed by atoms with van der Waals surface area (Å²) < 4.78 is 6.18. The molecule has 1 amide bonds. The van der Waals surface area contributed by atoms with Crippen molar-refractivity contribution < 1.29 is 9.53 Å². The summed E-state index contributed by atoms with van der Waals surface area (Å²) in [4.78, 5) is 15.6. The fourth-order valence-corrected chi connectivity index (χ4v) is 4.16. The van der Waals surface area contributed by atoms with Crippen molar-refractivity contribution in [1.29, 1.82) is 0 Å². The molecule has 1 aliphatic rings. The molecule has 5 nitrogen and oxygen atoms in total. The second kappa shape index (κ2) is 9.99. The van der Waals surface area contributed by atoms with Gasteiger partial charge in [0.25, 0.3) is 5.91 Å². The normalized spacial score (nSPS) is 15.4. The highest BCUT2D eigenvalue weighted by molar-refractivity contribution is 6.08. The molecule has 1 heterocycles. The van der Waals surface area contributed by atoms with E-state index >= 15 is 0 Å². The van der Waals surface area contributed by atoms with E-state index in [9.17, 15) is 4.79 Å². The van der Waals surface area contributed by atoms with E-state index in [4.69, 9.17) is 10.5 Å². The van der Waals surface area contributed by atoms with Crippen LogP contribution in [0, 0.1) is 6.92 Å². The first kappa shape index (κ1) is 22.7. The number of hydrogen-bond acceptors (Lipinski definition) is 4. The molecular weight excluding hydrogens is 410 g/mol. The Bertz CT molecular complexity index is 1140. The number of benzene rings is 3. The SMILES string of the molecule is CCCCOc1cc(C(=O)N2CCC(C)Nc3ccccc32)ccc1-c1ccc(N)c(C)c1. The van der Waals surface area contributed by atoms with Crippen molar-refractivity contribution in [2.75, 3.05) is 29.1 Å². The predicted octanol–water partition coefficient (Wildman–Crippen LogP) is 6.27. The van der Waals surface area contributed by atoms with Crippen molar-refractivity contribution in [2.24, 2.45) is 0 Å². The van der Waals surface area contributed by atoms with Crippen molar-refractivity contribution in [1.82, 2.24) is 0 Å². The van der Waals surface area contributed by atoms with Gasteiger partial charge in [-0.3, -0.25) is 4.79 Å². The molecule has 1 aliphatic heterocycles. The molecule has 0 aliphatic carbocycles. The van der Waals surface area contributed by atoms with Crippen LogP contribution < -0.4 is 20.7 Å². The van der Waals surface area contributed by atoms with Gasteiger partial charge < -0.3 is 20.7 Å². The molecule has 4 rings (SSSR count). The zero-order valence-corrected chi connectivity index (χ0v) is 19.7. The first-order valence-corrected chi connectivity index (χ1v) is 11.8. The van der Waals surface area contributed by atoms with Gasteiger partial charge in [0.05, 0.1) is 18.0 Å². The maximum Gasteiger partial charge on any atom is 0.258 e. The Morgan fingerprint density at radius 3 is 2.76 bits per heavy atom. The van der Waals surface area contributed by atoms with Crippen molar-refractivity contribution in [3.05, 3.63) is 71.8 Å². The number of carbonyl (C=O) groups is 1. The van der Waals surface area contributed by atoms with E-state index in [1.54, 1.807) is 0 Å². The van der Waals surface area contributed by atoms with E-state index in [0.717, 1.165) is 58.8 Å². The summed E-state index contributed by atoms with van der Waals surface area (Å²) in [5.74, 6) is 0.715. The molecule has 0 spiro atoms. The van der Waals surface area contributed by atoms with Gasteiger partial charge in [-0.25, -0.2) is 0 Å². The lowest BCUT2D eigenvalue weighted by molar-refractivity contribution is 0.0986. The van der Waals surface area contributed by atoms with Gasteiger partial charge >= 0.3 is 0 Å². The Morgan fingerprint density at radius 2 is 1.97 bits per heavy atom. The Labute approximate surface area is 196 Å². The number of nitrogen functional groups attached to an aromatic ring is 1. The maximum atomic E-state index is 13.7. The van der Waals surface area contributed by atoms with Crippen molar-refractivity contribution in [3.63, 3.8) is 0 Å². The molecule has 0 saturated carbocycles. The Balaban J connectivity index is 1.71. The number of aryl methyl sites for hydroxylation is 1. The van der Waals surface area contributed by atoms with E-state index in [0.29, 0.717) is 24.8 Å².